The number of thioether (sulfide) groups is 1. The van der Waals surface area contributed by atoms with E-state index in [0.717, 1.165) is 48.7 Å². The summed E-state index contributed by atoms with van der Waals surface area (Å²) in [5.41, 5.74) is 0. The van der Waals surface area contributed by atoms with Crippen LogP contribution < -0.4 is 0 Å². The first kappa shape index (κ1) is 16.9. The van der Waals surface area contributed by atoms with Crippen molar-refractivity contribution in [3.63, 3.8) is 0 Å². The first-order valence-electron chi connectivity index (χ1n) is 6.64. The van der Waals surface area contributed by atoms with Gasteiger partial charge in [-0.25, -0.2) is 0 Å². The molecule has 0 aliphatic heterocycles. The normalized spacial score (nSPS) is 10.3. The third kappa shape index (κ3) is 7.77. The summed E-state index contributed by atoms with van der Waals surface area (Å²) in [5.74, 6) is 1.14. The molecule has 0 heterocycles. The highest BCUT2D eigenvalue weighted by atomic mass is 32.2. The molecule has 0 spiro atoms. The van der Waals surface area contributed by atoms with Gasteiger partial charge < -0.3 is 0 Å². The van der Waals surface area contributed by atoms with Crippen molar-refractivity contribution in [3.05, 3.63) is 0 Å². The molecule has 0 bridgehead atoms. The molecule has 0 radical (unpaired) electrons. The number of rotatable bonds is 8. The second-order valence-electron chi connectivity index (χ2n) is 4.05. The minimum absolute atomic E-state index is 0.206. The molecule has 17 heavy (non-hydrogen) atoms. The smallest absolute Gasteiger partial charge is 0.228 e. The minimum Gasteiger partial charge on any atom is -0.298 e. The van der Waals surface area contributed by atoms with E-state index in [0.29, 0.717) is 6.42 Å². The molecule has 0 atom stereocenters. The van der Waals surface area contributed by atoms with Crippen LogP contribution in [-0.2, 0) is 4.79 Å². The monoisotopic (exact) mass is 275 g/mol. The maximum Gasteiger partial charge on any atom is 0.228 e. The van der Waals surface area contributed by atoms with Gasteiger partial charge in [-0.15, -0.1) is 0 Å². The molecule has 2 nitrogen and oxygen atoms in total. The van der Waals surface area contributed by atoms with Crippen molar-refractivity contribution in [1.29, 1.82) is 0 Å². The molecular weight excluding hydrogens is 250 g/mol. The van der Waals surface area contributed by atoms with Crippen molar-refractivity contribution in [2.24, 2.45) is 0 Å². The number of amides is 1. The van der Waals surface area contributed by atoms with Crippen molar-refractivity contribution < 1.29 is 4.79 Å². The van der Waals surface area contributed by atoms with Crippen LogP contribution in [0.3, 0.4) is 0 Å². The van der Waals surface area contributed by atoms with Crippen LogP contribution in [0, 0.1) is 0 Å². The second-order valence-corrected chi connectivity index (χ2v) is 5.95. The maximum absolute atomic E-state index is 12.1. The number of hydrogen-bond donors (Lipinski definition) is 0. The Bertz CT molecular complexity index is 231. The topological polar surface area (TPSA) is 20.3 Å². The first-order valence-corrected chi connectivity index (χ1v) is 8.03. The van der Waals surface area contributed by atoms with Gasteiger partial charge in [-0.2, -0.15) is 0 Å². The van der Waals surface area contributed by atoms with Gasteiger partial charge in [0, 0.05) is 13.0 Å². The summed E-state index contributed by atoms with van der Waals surface area (Å²) < 4.78 is 0.752. The van der Waals surface area contributed by atoms with E-state index in [1.165, 1.54) is 0 Å². The fourth-order valence-corrected chi connectivity index (χ4v) is 2.64. The standard InChI is InChI=1S/C13H25NOS2/c1-4-7-9-10-12(15)14(11-8-5-2)13(16)17-6-3/h4-11H2,1-3H3. The number of nitrogens with zero attached hydrogens (tertiary/aromatic N) is 1. The van der Waals surface area contributed by atoms with Gasteiger partial charge in [0.2, 0.25) is 5.91 Å². The van der Waals surface area contributed by atoms with Gasteiger partial charge in [-0.1, -0.05) is 64.0 Å². The third-order valence-electron chi connectivity index (χ3n) is 2.52. The van der Waals surface area contributed by atoms with Gasteiger partial charge >= 0.3 is 0 Å². The van der Waals surface area contributed by atoms with Crippen LogP contribution >= 0.6 is 24.0 Å². The van der Waals surface area contributed by atoms with Crippen molar-refractivity contribution in [2.75, 3.05) is 12.3 Å². The van der Waals surface area contributed by atoms with Crippen molar-refractivity contribution in [1.82, 2.24) is 4.90 Å². The average Bonchev–Trinajstić information content (AvgIpc) is 2.30. The summed E-state index contributed by atoms with van der Waals surface area (Å²) in [6, 6.07) is 0. The molecule has 0 aromatic carbocycles. The molecule has 0 fully saturated rings. The zero-order valence-electron chi connectivity index (χ0n) is 11.3. The molecule has 0 unspecified atom stereocenters. The number of hydrogen-bond acceptors (Lipinski definition) is 3. The van der Waals surface area contributed by atoms with Crippen LogP contribution in [0.1, 0.15) is 59.3 Å². The molecule has 0 saturated heterocycles. The van der Waals surface area contributed by atoms with Crippen LogP contribution in [0.5, 0.6) is 0 Å². The van der Waals surface area contributed by atoms with Crippen molar-refractivity contribution >= 4 is 34.2 Å². The Hall–Kier alpha value is -0.0900. The lowest BCUT2D eigenvalue weighted by Gasteiger charge is -2.22. The first-order chi connectivity index (χ1) is 8.17. The van der Waals surface area contributed by atoms with Crippen LogP contribution in [0.25, 0.3) is 0 Å². The highest BCUT2D eigenvalue weighted by Gasteiger charge is 2.16. The van der Waals surface area contributed by atoms with Gasteiger partial charge in [0.1, 0.15) is 4.32 Å². The van der Waals surface area contributed by atoms with Gasteiger partial charge in [-0.05, 0) is 18.6 Å². The van der Waals surface area contributed by atoms with E-state index in [2.05, 4.69) is 20.8 Å². The quantitative estimate of drug-likeness (QED) is 0.488. The molecule has 0 aliphatic carbocycles. The predicted octanol–water partition coefficient (Wildman–Crippen LogP) is 4.23. The number of thiocarbonyl (C=S) groups is 1. The van der Waals surface area contributed by atoms with E-state index in [4.69, 9.17) is 12.2 Å². The molecule has 0 aromatic heterocycles. The summed E-state index contributed by atoms with van der Waals surface area (Å²) in [6.45, 7) is 7.14. The van der Waals surface area contributed by atoms with Gasteiger partial charge in [-0.3, -0.25) is 9.69 Å². The number of unbranched alkanes of at least 4 members (excludes halogenated alkanes) is 3. The van der Waals surface area contributed by atoms with E-state index < -0.39 is 0 Å². The zero-order chi connectivity index (χ0) is 13.1. The van der Waals surface area contributed by atoms with Crippen molar-refractivity contribution in [3.8, 4) is 0 Å². The van der Waals surface area contributed by atoms with Gasteiger partial charge in [0.05, 0.1) is 0 Å². The van der Waals surface area contributed by atoms with E-state index in [9.17, 15) is 4.79 Å². The van der Waals surface area contributed by atoms with Crippen LogP contribution in [-0.4, -0.2) is 27.4 Å². The fraction of sp³-hybridized carbons (Fsp3) is 0.846. The number of carbonyl (C=O) groups excluding carboxylic acids is 1. The Kier molecular flexibility index (Phi) is 11.0. The Balaban J connectivity index is 4.23. The van der Waals surface area contributed by atoms with Gasteiger partial charge in [0.15, 0.2) is 0 Å². The van der Waals surface area contributed by atoms with Crippen LogP contribution in [0.2, 0.25) is 0 Å². The summed E-state index contributed by atoms with van der Waals surface area (Å²) in [7, 11) is 0. The highest BCUT2D eigenvalue weighted by molar-refractivity contribution is 8.22. The fourth-order valence-electron chi connectivity index (χ4n) is 1.50. The Morgan fingerprint density at radius 3 is 2.29 bits per heavy atom. The summed E-state index contributed by atoms with van der Waals surface area (Å²) in [4.78, 5) is 13.9. The Morgan fingerprint density at radius 1 is 1.12 bits per heavy atom. The Labute approximate surface area is 116 Å². The van der Waals surface area contributed by atoms with E-state index in [1.807, 2.05) is 4.90 Å². The molecule has 100 valence electrons. The van der Waals surface area contributed by atoms with E-state index >= 15 is 0 Å². The minimum atomic E-state index is 0.206. The largest absolute Gasteiger partial charge is 0.298 e. The lowest BCUT2D eigenvalue weighted by atomic mass is 10.2. The summed E-state index contributed by atoms with van der Waals surface area (Å²) in [6.07, 6.45) is 6.03. The van der Waals surface area contributed by atoms with Crippen molar-refractivity contribution in [2.45, 2.75) is 59.3 Å². The third-order valence-corrected chi connectivity index (χ3v) is 3.85. The van der Waals surface area contributed by atoms with E-state index in [-0.39, 0.29) is 5.91 Å². The molecule has 4 heteroatoms. The maximum atomic E-state index is 12.1. The molecular formula is C13H25NOS2. The average molecular weight is 275 g/mol. The van der Waals surface area contributed by atoms with Crippen LogP contribution in [0.4, 0.5) is 0 Å². The molecule has 0 N–H and O–H groups in total. The molecule has 1 amide bonds. The molecule has 0 aliphatic rings. The second kappa shape index (κ2) is 11.0. The van der Waals surface area contributed by atoms with Gasteiger partial charge in [0.25, 0.3) is 0 Å². The summed E-state index contributed by atoms with van der Waals surface area (Å²) in [5, 5.41) is 0. The van der Waals surface area contributed by atoms with Crippen LogP contribution in [0.15, 0.2) is 0 Å². The highest BCUT2D eigenvalue weighted by Crippen LogP contribution is 2.13. The molecule has 0 rings (SSSR count). The van der Waals surface area contributed by atoms with E-state index in [1.54, 1.807) is 11.8 Å². The predicted molar refractivity (Wildman–Crippen MR) is 81.5 cm³/mol. The SMILES string of the molecule is CCCCCC(=O)N(CCCC)C(=S)SCC. The zero-order valence-corrected chi connectivity index (χ0v) is 13.0. The molecule has 0 saturated carbocycles. The lowest BCUT2D eigenvalue weighted by Crippen LogP contribution is -2.35. The summed E-state index contributed by atoms with van der Waals surface area (Å²) >= 11 is 6.91. The Morgan fingerprint density at radius 2 is 1.76 bits per heavy atom. The number of carbonyl (C=O) groups is 1. The lowest BCUT2D eigenvalue weighted by molar-refractivity contribution is -0.127. The molecule has 0 aromatic rings.